The van der Waals surface area contributed by atoms with Gasteiger partial charge in [-0.1, -0.05) is 4.49 Å². The fourth-order valence-electron chi connectivity index (χ4n) is 1.14. The maximum absolute atomic E-state index is 13.4. The molecule has 0 unspecified atom stereocenters. The van der Waals surface area contributed by atoms with Crippen molar-refractivity contribution in [1.29, 1.82) is 5.26 Å². The molecule has 0 aliphatic rings. The highest BCUT2D eigenvalue weighted by atomic mass is 32.1. The van der Waals surface area contributed by atoms with Crippen molar-refractivity contribution in [3.8, 4) is 6.07 Å². The molecular formula is C10H5FN4OS. The van der Waals surface area contributed by atoms with Crippen molar-refractivity contribution in [3.05, 3.63) is 40.7 Å². The van der Waals surface area contributed by atoms with Gasteiger partial charge < -0.3 is 5.32 Å². The Bertz CT molecular complexity index is 591. The number of carbonyl (C=O) groups excluding carboxylic acids is 1. The number of aromatic nitrogens is 2. The second-order valence-electron chi connectivity index (χ2n) is 3.04. The van der Waals surface area contributed by atoms with E-state index >= 15 is 0 Å². The second kappa shape index (κ2) is 4.67. The molecular weight excluding hydrogens is 243 g/mol. The zero-order chi connectivity index (χ0) is 12.3. The predicted molar refractivity (Wildman–Crippen MR) is 59.0 cm³/mol. The number of hydrogen-bond acceptors (Lipinski definition) is 5. The maximum atomic E-state index is 13.4. The third-order valence-electron chi connectivity index (χ3n) is 1.93. The number of halogens is 1. The summed E-state index contributed by atoms with van der Waals surface area (Å²) in [4.78, 5) is 11.9. The van der Waals surface area contributed by atoms with Crippen LogP contribution >= 0.6 is 11.5 Å². The van der Waals surface area contributed by atoms with Gasteiger partial charge in [0.15, 0.2) is 0 Å². The van der Waals surface area contributed by atoms with E-state index in [2.05, 4.69) is 14.9 Å². The van der Waals surface area contributed by atoms with E-state index in [1.165, 1.54) is 18.3 Å². The number of nitriles is 1. The van der Waals surface area contributed by atoms with Crippen LogP contribution in [0.25, 0.3) is 0 Å². The molecule has 0 saturated carbocycles. The van der Waals surface area contributed by atoms with Crippen LogP contribution in [0.4, 0.5) is 10.1 Å². The Morgan fingerprint density at radius 1 is 1.53 bits per heavy atom. The minimum absolute atomic E-state index is 0.0161. The van der Waals surface area contributed by atoms with E-state index in [9.17, 15) is 9.18 Å². The summed E-state index contributed by atoms with van der Waals surface area (Å²) < 4.78 is 17.0. The minimum atomic E-state index is -0.658. The quantitative estimate of drug-likeness (QED) is 0.878. The van der Waals surface area contributed by atoms with Gasteiger partial charge in [0.1, 0.15) is 10.7 Å². The van der Waals surface area contributed by atoms with Crippen LogP contribution in [0.2, 0.25) is 0 Å². The molecule has 0 saturated heterocycles. The summed E-state index contributed by atoms with van der Waals surface area (Å²) in [5.41, 5.74) is 0.211. The van der Waals surface area contributed by atoms with Crippen molar-refractivity contribution in [2.45, 2.75) is 0 Å². The van der Waals surface area contributed by atoms with Crippen molar-refractivity contribution < 1.29 is 9.18 Å². The molecule has 84 valence electrons. The zero-order valence-electron chi connectivity index (χ0n) is 8.35. The number of hydrogen-bond donors (Lipinski definition) is 1. The molecule has 1 amide bonds. The Balaban J connectivity index is 2.20. The Kier molecular flexibility index (Phi) is 3.07. The first-order valence-electron chi connectivity index (χ1n) is 4.49. The summed E-state index contributed by atoms with van der Waals surface area (Å²) in [6.45, 7) is 0. The van der Waals surface area contributed by atoms with Gasteiger partial charge in [-0.25, -0.2) is 4.39 Å². The smallest absolute Gasteiger partial charge is 0.269 e. The monoisotopic (exact) mass is 248 g/mol. The fraction of sp³-hybridized carbons (Fsp3) is 0. The summed E-state index contributed by atoms with van der Waals surface area (Å²) in [6.07, 6.45) is 1.29. The van der Waals surface area contributed by atoms with Gasteiger partial charge >= 0.3 is 0 Å². The highest BCUT2D eigenvalue weighted by Crippen LogP contribution is 2.16. The second-order valence-corrected chi connectivity index (χ2v) is 3.83. The molecule has 1 aromatic carbocycles. The highest BCUT2D eigenvalue weighted by molar-refractivity contribution is 7.07. The Morgan fingerprint density at radius 2 is 2.35 bits per heavy atom. The molecule has 0 atom stereocenters. The highest BCUT2D eigenvalue weighted by Gasteiger charge is 2.11. The Morgan fingerprint density at radius 3 is 2.94 bits per heavy atom. The average Bonchev–Trinajstić information content (AvgIpc) is 2.85. The average molecular weight is 248 g/mol. The van der Waals surface area contributed by atoms with Crippen LogP contribution < -0.4 is 5.32 Å². The van der Waals surface area contributed by atoms with Gasteiger partial charge in [-0.15, -0.1) is 5.10 Å². The Labute approximate surface area is 99.7 Å². The molecule has 0 spiro atoms. The van der Waals surface area contributed by atoms with Gasteiger partial charge in [-0.2, -0.15) is 5.26 Å². The van der Waals surface area contributed by atoms with Gasteiger partial charge in [-0.05, 0) is 29.7 Å². The van der Waals surface area contributed by atoms with Crippen molar-refractivity contribution in [2.75, 3.05) is 5.32 Å². The molecule has 2 aromatic rings. The number of nitrogens with one attached hydrogen (secondary N) is 1. The van der Waals surface area contributed by atoms with E-state index in [0.29, 0.717) is 0 Å². The number of rotatable bonds is 2. The van der Waals surface area contributed by atoms with Crippen LogP contribution in [-0.2, 0) is 0 Å². The molecule has 7 heteroatoms. The molecule has 1 N–H and O–H groups in total. The van der Waals surface area contributed by atoms with E-state index < -0.39 is 11.7 Å². The van der Waals surface area contributed by atoms with Crippen LogP contribution in [0, 0.1) is 17.1 Å². The summed E-state index contributed by atoms with van der Waals surface area (Å²) in [5, 5.41) is 14.4. The fourth-order valence-corrected chi connectivity index (χ4v) is 1.55. The largest absolute Gasteiger partial charge is 0.319 e. The Hall–Kier alpha value is -2.33. The summed E-state index contributed by atoms with van der Waals surface area (Å²) >= 11 is 0.916. The van der Waals surface area contributed by atoms with Crippen LogP contribution in [0.3, 0.4) is 0 Å². The van der Waals surface area contributed by atoms with E-state index in [4.69, 9.17) is 5.26 Å². The maximum Gasteiger partial charge on any atom is 0.269 e. The molecule has 1 heterocycles. The number of carbonyl (C=O) groups is 1. The minimum Gasteiger partial charge on any atom is -0.319 e. The van der Waals surface area contributed by atoms with E-state index in [0.717, 1.165) is 17.6 Å². The van der Waals surface area contributed by atoms with Crippen molar-refractivity contribution in [2.24, 2.45) is 0 Å². The standard InChI is InChI=1S/C10H5FN4OS/c11-7-3-6(4-12)1-2-8(7)14-10(16)9-5-13-15-17-9/h1-3,5H,(H,14,16). The zero-order valence-corrected chi connectivity index (χ0v) is 9.16. The molecule has 0 bridgehead atoms. The van der Waals surface area contributed by atoms with Gasteiger partial charge in [0.25, 0.3) is 5.91 Å². The lowest BCUT2D eigenvalue weighted by molar-refractivity contribution is 0.103. The first-order chi connectivity index (χ1) is 8.20. The molecule has 0 aliphatic heterocycles. The predicted octanol–water partition coefficient (Wildman–Crippen LogP) is 1.80. The molecule has 0 aliphatic carbocycles. The van der Waals surface area contributed by atoms with Gasteiger partial charge in [0, 0.05) is 0 Å². The lowest BCUT2D eigenvalue weighted by Crippen LogP contribution is -2.11. The van der Waals surface area contributed by atoms with E-state index in [-0.39, 0.29) is 16.1 Å². The van der Waals surface area contributed by atoms with Crippen molar-refractivity contribution in [1.82, 2.24) is 9.59 Å². The third kappa shape index (κ3) is 2.43. The lowest BCUT2D eigenvalue weighted by Gasteiger charge is -2.04. The molecule has 2 rings (SSSR count). The van der Waals surface area contributed by atoms with Crippen LogP contribution in [0.1, 0.15) is 15.2 Å². The van der Waals surface area contributed by atoms with E-state index in [1.807, 2.05) is 0 Å². The molecule has 17 heavy (non-hydrogen) atoms. The van der Waals surface area contributed by atoms with Gasteiger partial charge in [-0.3, -0.25) is 4.79 Å². The SMILES string of the molecule is N#Cc1ccc(NC(=O)c2cnns2)c(F)c1. The summed E-state index contributed by atoms with van der Waals surface area (Å²) in [6, 6.07) is 5.62. The molecule has 0 fully saturated rings. The molecule has 1 aromatic heterocycles. The number of anilines is 1. The third-order valence-corrected chi connectivity index (χ3v) is 2.59. The first kappa shape index (κ1) is 11.2. The number of amides is 1. The van der Waals surface area contributed by atoms with E-state index in [1.54, 1.807) is 6.07 Å². The molecule has 5 nitrogen and oxygen atoms in total. The van der Waals surface area contributed by atoms with Gasteiger partial charge in [0.2, 0.25) is 0 Å². The number of benzene rings is 1. The van der Waals surface area contributed by atoms with Crippen LogP contribution in [0.15, 0.2) is 24.4 Å². The normalized spacial score (nSPS) is 9.65. The van der Waals surface area contributed by atoms with Gasteiger partial charge in [0.05, 0.1) is 23.5 Å². The lowest BCUT2D eigenvalue weighted by atomic mass is 10.2. The van der Waals surface area contributed by atoms with Crippen molar-refractivity contribution >= 4 is 23.1 Å². The van der Waals surface area contributed by atoms with Crippen molar-refractivity contribution in [3.63, 3.8) is 0 Å². The van der Waals surface area contributed by atoms with Crippen LogP contribution in [-0.4, -0.2) is 15.5 Å². The summed E-state index contributed by atoms with van der Waals surface area (Å²) in [7, 11) is 0. The summed E-state index contributed by atoms with van der Waals surface area (Å²) in [5.74, 6) is -1.14. The number of nitrogens with zero attached hydrogens (tertiary/aromatic N) is 3. The van der Waals surface area contributed by atoms with Crippen LogP contribution in [0.5, 0.6) is 0 Å². The molecule has 0 radical (unpaired) electrons. The topological polar surface area (TPSA) is 78.7 Å². The first-order valence-corrected chi connectivity index (χ1v) is 5.26.